The molecule has 3 nitrogen and oxygen atoms in total. The maximum Gasteiger partial charge on any atom is 0.234 e. The number of hydrogen-bond acceptors (Lipinski definition) is 3. The lowest BCUT2D eigenvalue weighted by atomic mass is 10.3. The molecule has 98 valence electrons. The Bertz CT molecular complexity index is 572. The van der Waals surface area contributed by atoms with Gasteiger partial charge in [0.2, 0.25) is 5.91 Å². The van der Waals surface area contributed by atoms with E-state index in [4.69, 9.17) is 0 Å². The molecule has 0 heterocycles. The highest BCUT2D eigenvalue weighted by Gasteiger charge is 2.04. The molecule has 0 saturated heterocycles. The lowest BCUT2D eigenvalue weighted by Crippen LogP contribution is -2.13. The molecule has 2 aromatic carbocycles. The molecule has 0 aliphatic carbocycles. The standard InChI is InChI=1S/C14H12BrNO2S/c15-10-4-6-13(7-5-10)19-9-14(18)16-11-2-1-3-12(17)8-11/h1-8,17H,9H2,(H,16,18). The minimum absolute atomic E-state index is 0.0986. The molecule has 2 rings (SSSR count). The maximum absolute atomic E-state index is 11.7. The van der Waals surface area contributed by atoms with Crippen molar-refractivity contribution in [3.63, 3.8) is 0 Å². The minimum atomic E-state index is -0.0986. The van der Waals surface area contributed by atoms with Crippen LogP contribution in [0.4, 0.5) is 5.69 Å². The number of phenolic OH excluding ortho intramolecular Hbond substituents is 1. The van der Waals surface area contributed by atoms with Gasteiger partial charge in [-0.2, -0.15) is 0 Å². The van der Waals surface area contributed by atoms with Gasteiger partial charge in [-0.15, -0.1) is 11.8 Å². The van der Waals surface area contributed by atoms with Gasteiger partial charge in [0.1, 0.15) is 5.75 Å². The molecule has 0 bridgehead atoms. The Labute approximate surface area is 124 Å². The van der Waals surface area contributed by atoms with E-state index in [9.17, 15) is 9.90 Å². The number of hydrogen-bond donors (Lipinski definition) is 2. The average molecular weight is 338 g/mol. The second kappa shape index (κ2) is 6.63. The molecule has 0 spiro atoms. The summed E-state index contributed by atoms with van der Waals surface area (Å²) in [4.78, 5) is 12.8. The molecule has 0 unspecified atom stereocenters. The Morgan fingerprint density at radius 1 is 1.21 bits per heavy atom. The summed E-state index contributed by atoms with van der Waals surface area (Å²) in [5.74, 6) is 0.369. The summed E-state index contributed by atoms with van der Waals surface area (Å²) >= 11 is 4.83. The van der Waals surface area contributed by atoms with E-state index in [0.29, 0.717) is 11.4 Å². The molecule has 0 aliphatic rings. The quantitative estimate of drug-likeness (QED) is 0.832. The molecule has 19 heavy (non-hydrogen) atoms. The minimum Gasteiger partial charge on any atom is -0.508 e. The number of benzene rings is 2. The Morgan fingerprint density at radius 3 is 2.63 bits per heavy atom. The van der Waals surface area contributed by atoms with Gasteiger partial charge in [-0.05, 0) is 36.4 Å². The number of halogens is 1. The van der Waals surface area contributed by atoms with Crippen LogP contribution in [-0.2, 0) is 4.79 Å². The average Bonchev–Trinajstić information content (AvgIpc) is 2.38. The second-order valence-electron chi connectivity index (χ2n) is 3.84. The van der Waals surface area contributed by atoms with Gasteiger partial charge in [0.15, 0.2) is 0 Å². The van der Waals surface area contributed by atoms with Gasteiger partial charge in [0.05, 0.1) is 5.75 Å². The zero-order valence-electron chi connectivity index (χ0n) is 9.97. The van der Waals surface area contributed by atoms with E-state index in [2.05, 4.69) is 21.2 Å². The highest BCUT2D eigenvalue weighted by atomic mass is 79.9. The number of carbonyl (C=O) groups is 1. The third-order valence-corrected chi connectivity index (χ3v) is 3.85. The molecule has 0 saturated carbocycles. The summed E-state index contributed by atoms with van der Waals surface area (Å²) < 4.78 is 1.01. The van der Waals surface area contributed by atoms with Gasteiger partial charge in [-0.25, -0.2) is 0 Å². The fourth-order valence-electron chi connectivity index (χ4n) is 1.46. The maximum atomic E-state index is 11.7. The van der Waals surface area contributed by atoms with E-state index >= 15 is 0 Å². The lowest BCUT2D eigenvalue weighted by Gasteiger charge is -2.05. The van der Waals surface area contributed by atoms with Crippen LogP contribution < -0.4 is 5.32 Å². The van der Waals surface area contributed by atoms with Crippen LogP contribution in [0.5, 0.6) is 5.75 Å². The number of phenols is 1. The van der Waals surface area contributed by atoms with Crippen molar-refractivity contribution < 1.29 is 9.90 Å². The van der Waals surface area contributed by atoms with Gasteiger partial charge in [0.25, 0.3) is 0 Å². The molecular weight excluding hydrogens is 326 g/mol. The SMILES string of the molecule is O=C(CSc1ccc(Br)cc1)Nc1cccc(O)c1. The molecule has 0 atom stereocenters. The molecule has 2 N–H and O–H groups in total. The van der Waals surface area contributed by atoms with Crippen molar-refractivity contribution in [3.05, 3.63) is 53.0 Å². The number of carbonyl (C=O) groups excluding carboxylic acids is 1. The summed E-state index contributed by atoms with van der Waals surface area (Å²) in [5.41, 5.74) is 0.599. The first kappa shape index (κ1) is 14.0. The van der Waals surface area contributed by atoms with E-state index in [1.165, 1.54) is 17.8 Å². The molecule has 2 aromatic rings. The zero-order chi connectivity index (χ0) is 13.7. The first-order valence-electron chi connectivity index (χ1n) is 5.61. The van der Waals surface area contributed by atoms with Gasteiger partial charge < -0.3 is 10.4 Å². The Balaban J connectivity index is 1.86. The van der Waals surface area contributed by atoms with Crippen molar-refractivity contribution in [3.8, 4) is 5.75 Å². The van der Waals surface area contributed by atoms with Crippen LogP contribution >= 0.6 is 27.7 Å². The van der Waals surface area contributed by atoms with Crippen LogP contribution in [0.3, 0.4) is 0 Å². The predicted molar refractivity (Wildman–Crippen MR) is 81.6 cm³/mol. The first-order valence-corrected chi connectivity index (χ1v) is 7.38. The fraction of sp³-hybridized carbons (Fsp3) is 0.0714. The van der Waals surface area contributed by atoms with E-state index in [-0.39, 0.29) is 11.7 Å². The molecular formula is C14H12BrNO2S. The number of thioether (sulfide) groups is 1. The molecule has 5 heteroatoms. The van der Waals surface area contributed by atoms with Gasteiger partial charge >= 0.3 is 0 Å². The van der Waals surface area contributed by atoms with E-state index < -0.39 is 0 Å². The second-order valence-corrected chi connectivity index (χ2v) is 5.81. The Morgan fingerprint density at radius 2 is 1.95 bits per heavy atom. The van der Waals surface area contributed by atoms with E-state index in [1.54, 1.807) is 18.2 Å². The van der Waals surface area contributed by atoms with Crippen LogP contribution in [-0.4, -0.2) is 16.8 Å². The Kier molecular flexibility index (Phi) is 4.87. The van der Waals surface area contributed by atoms with Crippen LogP contribution in [0.1, 0.15) is 0 Å². The van der Waals surface area contributed by atoms with Crippen molar-refractivity contribution in [2.45, 2.75) is 4.90 Å². The molecule has 0 radical (unpaired) electrons. The summed E-state index contributed by atoms with van der Waals surface area (Å²) in [5, 5.41) is 12.0. The summed E-state index contributed by atoms with van der Waals surface area (Å²) in [6, 6.07) is 14.3. The summed E-state index contributed by atoms with van der Waals surface area (Å²) in [7, 11) is 0. The third-order valence-electron chi connectivity index (χ3n) is 2.31. The monoisotopic (exact) mass is 337 g/mol. The largest absolute Gasteiger partial charge is 0.508 e. The molecule has 0 aliphatic heterocycles. The molecule has 0 fully saturated rings. The van der Waals surface area contributed by atoms with Crippen LogP contribution in [0, 0.1) is 0 Å². The van der Waals surface area contributed by atoms with Crippen molar-refractivity contribution >= 4 is 39.3 Å². The van der Waals surface area contributed by atoms with Gasteiger partial charge in [0, 0.05) is 21.1 Å². The molecule has 1 amide bonds. The summed E-state index contributed by atoms with van der Waals surface area (Å²) in [6.45, 7) is 0. The summed E-state index contributed by atoms with van der Waals surface area (Å²) in [6.07, 6.45) is 0. The number of nitrogens with one attached hydrogen (secondary N) is 1. The van der Waals surface area contributed by atoms with Crippen molar-refractivity contribution in [1.82, 2.24) is 0 Å². The van der Waals surface area contributed by atoms with E-state index in [0.717, 1.165) is 9.37 Å². The third kappa shape index (κ3) is 4.61. The number of aromatic hydroxyl groups is 1. The number of rotatable bonds is 4. The Hall–Kier alpha value is -1.46. The number of amides is 1. The highest BCUT2D eigenvalue weighted by molar-refractivity contribution is 9.10. The lowest BCUT2D eigenvalue weighted by molar-refractivity contribution is -0.113. The molecule has 0 aromatic heterocycles. The topological polar surface area (TPSA) is 49.3 Å². The zero-order valence-corrected chi connectivity index (χ0v) is 12.4. The number of anilines is 1. The first-order chi connectivity index (χ1) is 9.13. The van der Waals surface area contributed by atoms with Gasteiger partial charge in [-0.1, -0.05) is 22.0 Å². The van der Waals surface area contributed by atoms with Crippen LogP contribution in [0.2, 0.25) is 0 Å². The van der Waals surface area contributed by atoms with Crippen molar-refractivity contribution in [1.29, 1.82) is 0 Å². The highest BCUT2D eigenvalue weighted by Crippen LogP contribution is 2.21. The van der Waals surface area contributed by atoms with Crippen molar-refractivity contribution in [2.24, 2.45) is 0 Å². The van der Waals surface area contributed by atoms with Crippen LogP contribution in [0.25, 0.3) is 0 Å². The predicted octanol–water partition coefficient (Wildman–Crippen LogP) is 3.89. The van der Waals surface area contributed by atoms with Gasteiger partial charge in [-0.3, -0.25) is 4.79 Å². The normalized spacial score (nSPS) is 10.2. The van der Waals surface area contributed by atoms with Crippen molar-refractivity contribution in [2.75, 3.05) is 11.1 Å². The fourth-order valence-corrected chi connectivity index (χ4v) is 2.42. The smallest absolute Gasteiger partial charge is 0.234 e. The van der Waals surface area contributed by atoms with E-state index in [1.807, 2.05) is 24.3 Å². The van der Waals surface area contributed by atoms with Crippen LogP contribution in [0.15, 0.2) is 57.9 Å².